The van der Waals surface area contributed by atoms with Crippen molar-refractivity contribution in [2.24, 2.45) is 0 Å². The molecule has 0 radical (unpaired) electrons. The van der Waals surface area contributed by atoms with E-state index in [4.69, 9.17) is 4.74 Å². The largest absolute Gasteiger partial charge is 0.363 e. The molecule has 2 aliphatic heterocycles. The van der Waals surface area contributed by atoms with Crippen LogP contribution in [0, 0.1) is 5.82 Å². The highest BCUT2D eigenvalue weighted by Crippen LogP contribution is 2.35. The number of hydrogen-bond acceptors (Lipinski definition) is 4. The number of ether oxygens (including phenoxy) is 1. The van der Waals surface area contributed by atoms with E-state index in [-0.39, 0.29) is 11.7 Å². The quantitative estimate of drug-likeness (QED) is 0.680. The monoisotopic (exact) mass is 397 g/mol. The Morgan fingerprint density at radius 3 is 3.07 bits per heavy atom. The van der Waals surface area contributed by atoms with Gasteiger partial charge in [-0.2, -0.15) is 11.3 Å². The molecule has 3 aromatic rings. The highest BCUT2D eigenvalue weighted by molar-refractivity contribution is 7.08. The normalized spacial score (nSPS) is 21.2. The standard InChI is InChI=1S/C21H20FN3O2S/c22-17-3-1-2-16(9-17)18-10-23-19-11-27-21(14-25(18)19)5-6-24(13-21)20(26)8-15-4-7-28-12-15/h1-4,7,9-10,12H,5-6,8,11,13-14H2/t21-/m1/s1. The van der Waals surface area contributed by atoms with Crippen LogP contribution in [0.5, 0.6) is 0 Å². The zero-order chi connectivity index (χ0) is 19.1. The van der Waals surface area contributed by atoms with Crippen molar-refractivity contribution in [2.75, 3.05) is 13.1 Å². The summed E-state index contributed by atoms with van der Waals surface area (Å²) in [5.74, 6) is 0.717. The minimum atomic E-state index is -0.403. The van der Waals surface area contributed by atoms with E-state index in [0.717, 1.165) is 29.1 Å². The van der Waals surface area contributed by atoms with Crippen molar-refractivity contribution in [3.63, 3.8) is 0 Å². The zero-order valence-electron chi connectivity index (χ0n) is 15.3. The first-order valence-corrected chi connectivity index (χ1v) is 10.3. The van der Waals surface area contributed by atoms with Gasteiger partial charge in [-0.05, 0) is 40.9 Å². The molecule has 0 unspecified atom stereocenters. The van der Waals surface area contributed by atoms with Crippen LogP contribution in [0.2, 0.25) is 0 Å². The third-order valence-corrected chi connectivity index (χ3v) is 6.35. The predicted octanol–water partition coefficient (Wildman–Crippen LogP) is 3.49. The lowest BCUT2D eigenvalue weighted by Gasteiger charge is -2.35. The lowest BCUT2D eigenvalue weighted by molar-refractivity contribution is -0.132. The Balaban J connectivity index is 1.36. The van der Waals surface area contributed by atoms with Crippen LogP contribution < -0.4 is 0 Å². The van der Waals surface area contributed by atoms with Crippen LogP contribution in [0.25, 0.3) is 11.3 Å². The molecule has 0 saturated carbocycles. The minimum Gasteiger partial charge on any atom is -0.363 e. The van der Waals surface area contributed by atoms with Crippen molar-refractivity contribution in [1.82, 2.24) is 14.5 Å². The second-order valence-corrected chi connectivity index (χ2v) is 8.28. The van der Waals surface area contributed by atoms with E-state index in [1.807, 2.05) is 27.8 Å². The molecule has 7 heteroatoms. The number of amides is 1. The topological polar surface area (TPSA) is 47.4 Å². The Hall–Kier alpha value is -2.51. The molecule has 1 atom stereocenters. The summed E-state index contributed by atoms with van der Waals surface area (Å²) in [5, 5.41) is 4.01. The van der Waals surface area contributed by atoms with Gasteiger partial charge in [-0.15, -0.1) is 0 Å². The maximum Gasteiger partial charge on any atom is 0.227 e. The molecule has 1 fully saturated rings. The first-order valence-electron chi connectivity index (χ1n) is 9.35. The second-order valence-electron chi connectivity index (χ2n) is 7.50. The van der Waals surface area contributed by atoms with Gasteiger partial charge in [-0.3, -0.25) is 4.79 Å². The van der Waals surface area contributed by atoms with Gasteiger partial charge in [0.15, 0.2) is 0 Å². The second kappa shape index (κ2) is 6.83. The number of nitrogens with zero attached hydrogens (tertiary/aromatic N) is 3. The molecule has 144 valence electrons. The van der Waals surface area contributed by atoms with Gasteiger partial charge in [0.05, 0.1) is 31.4 Å². The number of carbonyl (C=O) groups excluding carboxylic acids is 1. The molecule has 5 nitrogen and oxygen atoms in total. The SMILES string of the molecule is O=C(Cc1ccsc1)N1CC[C@@]2(C1)Cn1c(-c3cccc(F)c3)cnc1CO2. The van der Waals surface area contributed by atoms with Crippen LogP contribution in [-0.4, -0.2) is 39.0 Å². The molecule has 2 aliphatic rings. The van der Waals surface area contributed by atoms with Crippen LogP contribution in [0.4, 0.5) is 4.39 Å². The molecule has 1 spiro atoms. The number of rotatable bonds is 3. The average Bonchev–Trinajstić information content (AvgIpc) is 3.42. The smallest absolute Gasteiger partial charge is 0.227 e. The van der Waals surface area contributed by atoms with Gasteiger partial charge < -0.3 is 14.2 Å². The molecule has 1 saturated heterocycles. The summed E-state index contributed by atoms with van der Waals surface area (Å²) in [7, 11) is 0. The Bertz CT molecular complexity index is 1020. The van der Waals surface area contributed by atoms with Crippen molar-refractivity contribution in [1.29, 1.82) is 0 Å². The van der Waals surface area contributed by atoms with Crippen molar-refractivity contribution >= 4 is 17.2 Å². The third kappa shape index (κ3) is 3.14. The Morgan fingerprint density at radius 2 is 2.25 bits per heavy atom. The van der Waals surface area contributed by atoms with Crippen LogP contribution in [0.3, 0.4) is 0 Å². The number of carbonyl (C=O) groups is 1. The van der Waals surface area contributed by atoms with E-state index >= 15 is 0 Å². The van der Waals surface area contributed by atoms with Gasteiger partial charge in [0, 0.05) is 12.1 Å². The summed E-state index contributed by atoms with van der Waals surface area (Å²) in [6.07, 6.45) is 3.01. The highest BCUT2D eigenvalue weighted by Gasteiger charge is 2.44. The summed E-state index contributed by atoms with van der Waals surface area (Å²) in [6.45, 7) is 2.30. The molecule has 0 bridgehead atoms. The van der Waals surface area contributed by atoms with E-state index in [1.165, 1.54) is 12.1 Å². The Labute approximate surface area is 166 Å². The number of thiophene rings is 1. The maximum atomic E-state index is 13.7. The van der Waals surface area contributed by atoms with E-state index < -0.39 is 5.60 Å². The fraction of sp³-hybridized carbons (Fsp3) is 0.333. The highest BCUT2D eigenvalue weighted by atomic mass is 32.1. The summed E-state index contributed by atoms with van der Waals surface area (Å²) in [6, 6.07) is 8.56. The van der Waals surface area contributed by atoms with Gasteiger partial charge in [-0.25, -0.2) is 9.37 Å². The maximum absolute atomic E-state index is 13.7. The van der Waals surface area contributed by atoms with Crippen molar-refractivity contribution in [3.8, 4) is 11.3 Å². The first kappa shape index (κ1) is 17.6. The van der Waals surface area contributed by atoms with Crippen molar-refractivity contribution in [2.45, 2.75) is 31.6 Å². The number of imidazole rings is 1. The first-order chi connectivity index (χ1) is 13.6. The molecule has 28 heavy (non-hydrogen) atoms. The lowest BCUT2D eigenvalue weighted by Crippen LogP contribution is -2.45. The molecule has 1 amide bonds. The number of hydrogen-bond donors (Lipinski definition) is 0. The number of benzene rings is 1. The fourth-order valence-corrected chi connectivity index (χ4v) is 4.79. The lowest BCUT2D eigenvalue weighted by atomic mass is 10.0. The summed E-state index contributed by atoms with van der Waals surface area (Å²) >= 11 is 1.61. The molecular weight excluding hydrogens is 377 g/mol. The van der Waals surface area contributed by atoms with Crippen LogP contribution >= 0.6 is 11.3 Å². The molecule has 0 aliphatic carbocycles. The molecule has 0 N–H and O–H groups in total. The van der Waals surface area contributed by atoms with E-state index in [2.05, 4.69) is 9.55 Å². The van der Waals surface area contributed by atoms with Gasteiger partial charge in [0.25, 0.3) is 0 Å². The fourth-order valence-electron chi connectivity index (χ4n) is 4.12. The van der Waals surface area contributed by atoms with Crippen LogP contribution in [-0.2, 0) is 29.1 Å². The van der Waals surface area contributed by atoms with E-state index in [0.29, 0.717) is 32.7 Å². The molecule has 4 heterocycles. The molecule has 1 aromatic carbocycles. The molecule has 2 aromatic heterocycles. The molecule has 5 rings (SSSR count). The summed E-state index contributed by atoms with van der Waals surface area (Å²) in [4.78, 5) is 19.0. The van der Waals surface area contributed by atoms with Crippen LogP contribution in [0.15, 0.2) is 47.3 Å². The van der Waals surface area contributed by atoms with Gasteiger partial charge in [0.1, 0.15) is 23.8 Å². The van der Waals surface area contributed by atoms with Gasteiger partial charge in [0.2, 0.25) is 5.91 Å². The third-order valence-electron chi connectivity index (χ3n) is 5.62. The number of halogens is 1. The van der Waals surface area contributed by atoms with Crippen LogP contribution in [0.1, 0.15) is 17.8 Å². The summed E-state index contributed by atoms with van der Waals surface area (Å²) in [5.41, 5.74) is 2.35. The van der Waals surface area contributed by atoms with E-state index in [9.17, 15) is 9.18 Å². The number of likely N-dealkylation sites (tertiary alicyclic amines) is 1. The van der Waals surface area contributed by atoms with E-state index in [1.54, 1.807) is 23.6 Å². The van der Waals surface area contributed by atoms with Gasteiger partial charge >= 0.3 is 0 Å². The zero-order valence-corrected chi connectivity index (χ0v) is 16.1. The predicted molar refractivity (Wildman–Crippen MR) is 104 cm³/mol. The Morgan fingerprint density at radius 1 is 1.32 bits per heavy atom. The minimum absolute atomic E-state index is 0.139. The Kier molecular flexibility index (Phi) is 4.29. The molecular formula is C21H20FN3O2S. The average molecular weight is 397 g/mol. The number of fused-ring (bicyclic) bond motifs is 1. The number of aromatic nitrogens is 2. The van der Waals surface area contributed by atoms with Gasteiger partial charge in [-0.1, -0.05) is 12.1 Å². The summed E-state index contributed by atoms with van der Waals surface area (Å²) < 4.78 is 22.0. The van der Waals surface area contributed by atoms with Crippen molar-refractivity contribution in [3.05, 3.63) is 64.5 Å². The van der Waals surface area contributed by atoms with Crippen molar-refractivity contribution < 1.29 is 13.9 Å².